The lowest BCUT2D eigenvalue weighted by molar-refractivity contribution is -0.125. The molecule has 0 bridgehead atoms. The molecule has 1 amide bonds. The van der Waals surface area contributed by atoms with E-state index >= 15 is 0 Å². The van der Waals surface area contributed by atoms with Gasteiger partial charge in [-0.3, -0.25) is 9.69 Å². The number of nitrogens with one attached hydrogen (secondary N) is 1. The number of allylic oxidation sites excluding steroid dienone is 11. The van der Waals surface area contributed by atoms with Gasteiger partial charge in [0.05, 0.1) is 13.2 Å². The van der Waals surface area contributed by atoms with Crippen molar-refractivity contribution in [3.05, 3.63) is 70.4 Å². The van der Waals surface area contributed by atoms with Gasteiger partial charge >= 0.3 is 0 Å². The highest BCUT2D eigenvalue weighted by Gasteiger charge is 2.22. The molecule has 0 spiro atoms. The summed E-state index contributed by atoms with van der Waals surface area (Å²) in [6.45, 7) is 24.9. The number of carbonyl (C=O) groups is 1. The van der Waals surface area contributed by atoms with Crippen molar-refractivity contribution in [1.29, 1.82) is 0 Å². The van der Waals surface area contributed by atoms with Crippen LogP contribution < -0.4 is 5.32 Å². The maximum atomic E-state index is 12.6. The number of hydrogen-bond donors (Lipinski definition) is 1. The topological polar surface area (TPSA) is 41.6 Å². The van der Waals surface area contributed by atoms with Crippen LogP contribution >= 0.6 is 24.0 Å². The first kappa shape index (κ1) is 43.6. The Bertz CT molecular complexity index is 974. The lowest BCUT2D eigenvalue weighted by Crippen LogP contribution is -2.39. The predicted octanol–water partition coefficient (Wildman–Crippen LogP) is 11.1. The number of amides is 1. The highest BCUT2D eigenvalue weighted by atomic mass is 127. The minimum absolute atomic E-state index is 0. The summed E-state index contributed by atoms with van der Waals surface area (Å²) in [5.74, 6) is 0.423. The fraction of sp³-hybridized carbons (Fsp3) is 0.675. The van der Waals surface area contributed by atoms with E-state index in [-0.39, 0.29) is 35.8 Å². The second-order valence-electron chi connectivity index (χ2n) is 13.4. The van der Waals surface area contributed by atoms with E-state index in [1.807, 2.05) is 0 Å². The Hall–Kier alpha value is -1.44. The number of hydrogen-bond acceptors (Lipinski definition) is 3. The van der Waals surface area contributed by atoms with Crippen molar-refractivity contribution in [2.24, 2.45) is 5.92 Å². The maximum absolute atomic E-state index is 12.6. The van der Waals surface area contributed by atoms with E-state index in [4.69, 9.17) is 4.74 Å². The summed E-state index contributed by atoms with van der Waals surface area (Å²) in [5, 5.41) is 3.18. The fourth-order valence-electron chi connectivity index (χ4n) is 5.49. The highest BCUT2D eigenvalue weighted by molar-refractivity contribution is 14.0. The van der Waals surface area contributed by atoms with Crippen LogP contribution in [0.3, 0.4) is 0 Å². The number of carbonyl (C=O) groups excluding carboxylic acids is 1. The first-order chi connectivity index (χ1) is 21.1. The Labute approximate surface area is 296 Å². The van der Waals surface area contributed by atoms with Gasteiger partial charge in [0.1, 0.15) is 0 Å². The fourth-order valence-corrected chi connectivity index (χ4v) is 5.49. The van der Waals surface area contributed by atoms with Crippen molar-refractivity contribution in [3.63, 3.8) is 0 Å². The zero-order valence-corrected chi connectivity index (χ0v) is 32.6. The summed E-state index contributed by atoms with van der Waals surface area (Å²) in [6.07, 6.45) is 26.0. The molecule has 0 saturated carbocycles. The Balaban J connectivity index is 0.00000103. The quantitative estimate of drug-likeness (QED) is 0.0865. The summed E-state index contributed by atoms with van der Waals surface area (Å²) >= 11 is 0. The molecule has 0 radical (unpaired) electrons. The van der Waals surface area contributed by atoms with Crippen molar-refractivity contribution < 1.29 is 9.53 Å². The molecule has 1 aliphatic carbocycles. The predicted molar refractivity (Wildman–Crippen MR) is 208 cm³/mol. The normalized spacial score (nSPS) is 17.2. The zero-order chi connectivity index (χ0) is 32.6. The largest absolute Gasteiger partial charge is 0.379 e. The second-order valence-corrected chi connectivity index (χ2v) is 13.4. The van der Waals surface area contributed by atoms with E-state index in [0.29, 0.717) is 0 Å². The first-order valence-electron chi connectivity index (χ1n) is 17.6. The van der Waals surface area contributed by atoms with Gasteiger partial charge in [0.2, 0.25) is 5.91 Å². The SMILES string of the molecule is C=C(CC)CC/C=C(\C)CCC=C(C)C.CC(C)=CCC/C(C)=C/CCC1=CCC[C@H](C(=O)NCCCN2CCOCC2)C1.I. The summed E-state index contributed by atoms with van der Waals surface area (Å²) in [5.41, 5.74) is 8.64. The van der Waals surface area contributed by atoms with E-state index in [1.165, 1.54) is 46.3 Å². The smallest absolute Gasteiger partial charge is 0.223 e. The number of rotatable bonds is 18. The molecule has 1 fully saturated rings. The van der Waals surface area contributed by atoms with Crippen LogP contribution in [-0.4, -0.2) is 50.2 Å². The average Bonchev–Trinajstić information content (AvgIpc) is 2.99. The maximum Gasteiger partial charge on any atom is 0.223 e. The van der Waals surface area contributed by atoms with Gasteiger partial charge in [0.25, 0.3) is 0 Å². The van der Waals surface area contributed by atoms with Gasteiger partial charge in [-0.2, -0.15) is 0 Å². The lowest BCUT2D eigenvalue weighted by atomic mass is 9.86. The standard InChI is InChI=1S/C25H42N2O2.C15H26.HI/c1-21(2)8-4-9-22(3)10-5-11-23-12-6-13-24(20-23)25(28)26-14-7-15-27-16-18-29-19-17-27;1-6-14(4)10-8-12-15(5)11-7-9-13(2)3;/h8,10,12,24H,4-7,9,11,13-20H2,1-3H3,(H,26,28);9,12H,4,6-8,10-11H2,1-3,5H3;1H/b22-10+;15-12+;/t24-;;/m0../s1. The van der Waals surface area contributed by atoms with Gasteiger partial charge in [0.15, 0.2) is 0 Å². The van der Waals surface area contributed by atoms with Crippen LogP contribution in [0.2, 0.25) is 0 Å². The molecule has 1 aliphatic heterocycles. The number of halogens is 1. The molecule has 2 rings (SSSR count). The van der Waals surface area contributed by atoms with Crippen LogP contribution in [0.5, 0.6) is 0 Å². The van der Waals surface area contributed by atoms with Gasteiger partial charge < -0.3 is 10.1 Å². The minimum Gasteiger partial charge on any atom is -0.379 e. The van der Waals surface area contributed by atoms with Gasteiger partial charge in [0, 0.05) is 25.6 Å². The first-order valence-corrected chi connectivity index (χ1v) is 17.6. The van der Waals surface area contributed by atoms with Gasteiger partial charge in [-0.05, 0) is 132 Å². The molecule has 258 valence electrons. The van der Waals surface area contributed by atoms with Crippen molar-refractivity contribution >= 4 is 29.9 Å². The van der Waals surface area contributed by atoms with Crippen molar-refractivity contribution in [2.45, 2.75) is 132 Å². The minimum atomic E-state index is 0. The molecule has 45 heavy (non-hydrogen) atoms. The molecule has 0 aromatic rings. The molecule has 0 unspecified atom stereocenters. The zero-order valence-electron chi connectivity index (χ0n) is 30.3. The molecule has 1 saturated heterocycles. The van der Waals surface area contributed by atoms with Gasteiger partial charge in [-0.25, -0.2) is 0 Å². The molecule has 5 heteroatoms. The van der Waals surface area contributed by atoms with Crippen LogP contribution in [0.15, 0.2) is 70.4 Å². The molecule has 0 aromatic carbocycles. The Kier molecular flexibility index (Phi) is 26.8. The molecule has 4 nitrogen and oxygen atoms in total. The van der Waals surface area contributed by atoms with Crippen LogP contribution in [0.25, 0.3) is 0 Å². The molecule has 0 aromatic heterocycles. The number of nitrogens with zero attached hydrogens (tertiary/aromatic N) is 1. The van der Waals surface area contributed by atoms with E-state index in [1.54, 1.807) is 0 Å². The third-order valence-electron chi connectivity index (χ3n) is 8.51. The molecular weight excluding hydrogens is 667 g/mol. The summed E-state index contributed by atoms with van der Waals surface area (Å²) in [4.78, 5) is 15.0. The third kappa shape index (κ3) is 24.4. The van der Waals surface area contributed by atoms with Gasteiger partial charge in [-0.1, -0.05) is 77.3 Å². The van der Waals surface area contributed by atoms with Crippen molar-refractivity contribution in [1.82, 2.24) is 10.2 Å². The van der Waals surface area contributed by atoms with Crippen LogP contribution in [-0.2, 0) is 9.53 Å². The van der Waals surface area contributed by atoms with Crippen molar-refractivity contribution in [3.8, 4) is 0 Å². The Morgan fingerprint density at radius 2 is 1.49 bits per heavy atom. The molecule has 1 heterocycles. The second kappa shape index (κ2) is 27.7. The molecular formula is C40H69IN2O2. The number of ether oxygens (including phenoxy) is 1. The third-order valence-corrected chi connectivity index (χ3v) is 8.51. The molecule has 2 aliphatic rings. The Morgan fingerprint density at radius 3 is 2.07 bits per heavy atom. The van der Waals surface area contributed by atoms with Crippen LogP contribution in [0, 0.1) is 5.92 Å². The summed E-state index contributed by atoms with van der Waals surface area (Å²) in [6, 6.07) is 0. The molecule has 1 N–H and O–H groups in total. The van der Waals surface area contributed by atoms with E-state index in [0.717, 1.165) is 110 Å². The Morgan fingerprint density at radius 1 is 0.911 bits per heavy atom. The number of morpholine rings is 1. The van der Waals surface area contributed by atoms with E-state index in [2.05, 4.69) is 95.6 Å². The van der Waals surface area contributed by atoms with Gasteiger partial charge in [-0.15, -0.1) is 24.0 Å². The van der Waals surface area contributed by atoms with Crippen LogP contribution in [0.4, 0.5) is 0 Å². The highest BCUT2D eigenvalue weighted by Crippen LogP contribution is 2.27. The van der Waals surface area contributed by atoms with E-state index < -0.39 is 0 Å². The van der Waals surface area contributed by atoms with Crippen LogP contribution in [0.1, 0.15) is 132 Å². The lowest BCUT2D eigenvalue weighted by Gasteiger charge is -2.26. The molecule has 1 atom stereocenters. The van der Waals surface area contributed by atoms with Crippen molar-refractivity contribution in [2.75, 3.05) is 39.4 Å². The average molecular weight is 737 g/mol. The summed E-state index contributed by atoms with van der Waals surface area (Å²) < 4.78 is 5.38. The van der Waals surface area contributed by atoms with E-state index in [9.17, 15) is 4.79 Å². The summed E-state index contributed by atoms with van der Waals surface area (Å²) in [7, 11) is 0. The monoisotopic (exact) mass is 736 g/mol.